The summed E-state index contributed by atoms with van der Waals surface area (Å²) in [5.74, 6) is 0.241. The maximum Gasteiger partial charge on any atom is 0.305 e. The van der Waals surface area contributed by atoms with Gasteiger partial charge in [0.1, 0.15) is 24.6 Å². The maximum atomic E-state index is 12.0. The molecule has 3 heterocycles. The minimum absolute atomic E-state index is 0.0462. The molecule has 3 rings (SSSR count). The normalized spacial score (nSPS) is 17.1. The molecule has 0 aromatic carbocycles. The second kappa shape index (κ2) is 14.1. The largest absolute Gasteiger partial charge is 0.463 e. The summed E-state index contributed by atoms with van der Waals surface area (Å²) >= 11 is 0. The van der Waals surface area contributed by atoms with Crippen LogP contribution in [0.4, 0.5) is 5.82 Å². The Morgan fingerprint density at radius 3 is 2.71 bits per heavy atom. The summed E-state index contributed by atoms with van der Waals surface area (Å²) in [6.07, 6.45) is 5.50. The molecule has 2 unspecified atom stereocenters. The summed E-state index contributed by atoms with van der Waals surface area (Å²) in [6, 6.07) is 3.83. The van der Waals surface area contributed by atoms with Gasteiger partial charge in [-0.1, -0.05) is 34.1 Å². The van der Waals surface area contributed by atoms with Crippen LogP contribution in [0.1, 0.15) is 78.0 Å². The number of hydrogen-bond donors (Lipinski definition) is 1. The van der Waals surface area contributed by atoms with Crippen molar-refractivity contribution >= 4 is 23.2 Å². The first-order valence-electron chi connectivity index (χ1n) is 10.8. The first kappa shape index (κ1) is 26.0. The van der Waals surface area contributed by atoms with Gasteiger partial charge in [-0.05, 0) is 31.4 Å². The van der Waals surface area contributed by atoms with Gasteiger partial charge in [-0.2, -0.15) is 5.10 Å². The molecular weight excluding hydrogens is 398 g/mol. The average Bonchev–Trinajstić information content (AvgIpc) is 3.46. The van der Waals surface area contributed by atoms with E-state index in [0.717, 1.165) is 36.9 Å². The van der Waals surface area contributed by atoms with Crippen LogP contribution in [0.15, 0.2) is 18.5 Å². The first-order chi connectivity index (χ1) is 15.1. The van der Waals surface area contributed by atoms with E-state index in [1.54, 1.807) is 11.4 Å². The molecule has 170 valence electrons. The molecule has 0 bridgehead atoms. The van der Waals surface area contributed by atoms with Crippen molar-refractivity contribution in [2.45, 2.75) is 78.4 Å². The standard InChI is InChI=1S/C19H26N4O4.C2H6.CHN/c1-3-5-6-17(24)22-19-15-9-8-14(23(15)21-12-20-19)16-10-7-13(27-16)11-26-18(25)4-2;2*1-2/h8-9,12-13,16H,3-7,10-11H2,1-2H3,(H,20,21,22,24);1-2H3;1H. The van der Waals surface area contributed by atoms with Crippen molar-refractivity contribution in [1.29, 1.82) is 5.26 Å². The molecule has 9 nitrogen and oxygen atoms in total. The van der Waals surface area contributed by atoms with Crippen LogP contribution in [0.25, 0.3) is 5.52 Å². The number of carbonyl (C=O) groups excluding carboxylic acids is 2. The second-order valence-corrected chi connectivity index (χ2v) is 6.68. The molecule has 1 fully saturated rings. The molecular formula is C22H33N5O4. The lowest BCUT2D eigenvalue weighted by atomic mass is 10.1. The van der Waals surface area contributed by atoms with E-state index >= 15 is 0 Å². The third kappa shape index (κ3) is 7.33. The van der Waals surface area contributed by atoms with Gasteiger partial charge in [0, 0.05) is 19.4 Å². The number of anilines is 1. The molecule has 31 heavy (non-hydrogen) atoms. The zero-order valence-corrected chi connectivity index (χ0v) is 18.8. The number of carbonyl (C=O) groups is 2. The SMILES string of the molecule is C#N.CC.CCCCC(=O)Nc1ncnn2c(C3CCC(COC(=O)CC)O3)ccc12. The summed E-state index contributed by atoms with van der Waals surface area (Å²) < 4.78 is 13.0. The van der Waals surface area contributed by atoms with Gasteiger partial charge in [0.15, 0.2) is 5.82 Å². The maximum absolute atomic E-state index is 12.0. The molecule has 1 aliphatic rings. The Morgan fingerprint density at radius 2 is 2.03 bits per heavy atom. The monoisotopic (exact) mass is 431 g/mol. The van der Waals surface area contributed by atoms with Crippen molar-refractivity contribution in [3.05, 3.63) is 24.2 Å². The van der Waals surface area contributed by atoms with Crippen LogP contribution in [-0.4, -0.2) is 39.2 Å². The van der Waals surface area contributed by atoms with Crippen LogP contribution < -0.4 is 5.32 Å². The average molecular weight is 432 g/mol. The minimum atomic E-state index is -0.216. The Morgan fingerprint density at radius 1 is 1.29 bits per heavy atom. The first-order valence-corrected chi connectivity index (χ1v) is 10.8. The quantitative estimate of drug-likeness (QED) is 0.622. The summed E-state index contributed by atoms with van der Waals surface area (Å²) in [5.41, 5.74) is 1.64. The zero-order chi connectivity index (χ0) is 23.2. The van der Waals surface area contributed by atoms with Crippen LogP contribution in [0.2, 0.25) is 0 Å². The fourth-order valence-electron chi connectivity index (χ4n) is 3.16. The molecule has 9 heteroatoms. The number of rotatable bonds is 8. The van der Waals surface area contributed by atoms with E-state index in [1.165, 1.54) is 6.33 Å². The molecule has 1 saturated heterocycles. The van der Waals surface area contributed by atoms with Crippen LogP contribution >= 0.6 is 0 Å². The number of fused-ring (bicyclic) bond motifs is 1. The van der Waals surface area contributed by atoms with Gasteiger partial charge < -0.3 is 14.8 Å². The van der Waals surface area contributed by atoms with Crippen molar-refractivity contribution < 1.29 is 19.1 Å². The fraction of sp³-hybridized carbons (Fsp3) is 0.591. The highest BCUT2D eigenvalue weighted by Crippen LogP contribution is 2.34. The van der Waals surface area contributed by atoms with Gasteiger partial charge in [0.05, 0.1) is 11.8 Å². The lowest BCUT2D eigenvalue weighted by molar-refractivity contribution is -0.147. The topological polar surface area (TPSA) is 119 Å². The smallest absolute Gasteiger partial charge is 0.305 e. The third-order valence-corrected chi connectivity index (χ3v) is 4.65. The van der Waals surface area contributed by atoms with E-state index < -0.39 is 0 Å². The van der Waals surface area contributed by atoms with E-state index in [0.29, 0.717) is 18.7 Å². The Hall–Kier alpha value is -2.99. The Labute approximate surface area is 183 Å². The predicted octanol–water partition coefficient (Wildman–Crippen LogP) is 4.20. The van der Waals surface area contributed by atoms with Crippen LogP contribution in [0.5, 0.6) is 0 Å². The summed E-state index contributed by atoms with van der Waals surface area (Å²) in [4.78, 5) is 27.5. The Bertz CT molecular complexity index is 849. The highest BCUT2D eigenvalue weighted by atomic mass is 16.6. The highest BCUT2D eigenvalue weighted by Gasteiger charge is 2.30. The summed E-state index contributed by atoms with van der Waals surface area (Å²) in [5, 5.41) is 13.7. The van der Waals surface area contributed by atoms with Crippen molar-refractivity contribution in [1.82, 2.24) is 14.6 Å². The number of ether oxygens (including phenoxy) is 2. The van der Waals surface area contributed by atoms with Gasteiger partial charge in [0.2, 0.25) is 5.91 Å². The highest BCUT2D eigenvalue weighted by molar-refractivity contribution is 5.93. The lowest BCUT2D eigenvalue weighted by Crippen LogP contribution is -2.18. The van der Waals surface area contributed by atoms with Gasteiger partial charge in [0.25, 0.3) is 0 Å². The fourth-order valence-corrected chi connectivity index (χ4v) is 3.16. The van der Waals surface area contributed by atoms with E-state index in [1.807, 2.05) is 32.9 Å². The van der Waals surface area contributed by atoms with Gasteiger partial charge in [-0.25, -0.2) is 14.8 Å². The molecule has 2 atom stereocenters. The predicted molar refractivity (Wildman–Crippen MR) is 117 cm³/mol. The van der Waals surface area contributed by atoms with Gasteiger partial charge in [-0.3, -0.25) is 9.59 Å². The number of amides is 1. The molecule has 1 N–H and O–H groups in total. The van der Waals surface area contributed by atoms with Crippen molar-refractivity contribution in [2.24, 2.45) is 0 Å². The number of hydrogen-bond acceptors (Lipinski definition) is 7. The van der Waals surface area contributed by atoms with Crippen LogP contribution in [-0.2, 0) is 19.1 Å². The second-order valence-electron chi connectivity index (χ2n) is 6.68. The number of aromatic nitrogens is 3. The van der Waals surface area contributed by atoms with Gasteiger partial charge in [-0.15, -0.1) is 0 Å². The van der Waals surface area contributed by atoms with Gasteiger partial charge >= 0.3 is 5.97 Å². The molecule has 1 amide bonds. The number of nitrogens with zero attached hydrogens (tertiary/aromatic N) is 4. The van der Waals surface area contributed by atoms with Crippen molar-refractivity contribution in [3.63, 3.8) is 0 Å². The molecule has 0 aliphatic carbocycles. The van der Waals surface area contributed by atoms with Crippen LogP contribution in [0, 0.1) is 11.8 Å². The Kier molecular flexibility index (Phi) is 11.8. The van der Waals surface area contributed by atoms with E-state index in [9.17, 15) is 9.59 Å². The van der Waals surface area contributed by atoms with E-state index in [4.69, 9.17) is 14.7 Å². The van der Waals surface area contributed by atoms with Crippen molar-refractivity contribution in [2.75, 3.05) is 11.9 Å². The molecule has 0 radical (unpaired) electrons. The summed E-state index contributed by atoms with van der Waals surface area (Å²) in [6.45, 7) is 11.6. The molecule has 0 spiro atoms. The number of nitriles is 1. The molecule has 1 aliphatic heterocycles. The number of nitrogens with one attached hydrogen (secondary N) is 1. The third-order valence-electron chi connectivity index (χ3n) is 4.65. The zero-order valence-electron chi connectivity index (χ0n) is 18.8. The van der Waals surface area contributed by atoms with E-state index in [-0.39, 0.29) is 30.7 Å². The lowest BCUT2D eigenvalue weighted by Gasteiger charge is -2.14. The minimum Gasteiger partial charge on any atom is -0.463 e. The summed E-state index contributed by atoms with van der Waals surface area (Å²) in [7, 11) is 0. The Balaban J connectivity index is 0.00000113. The molecule has 0 saturated carbocycles. The molecule has 2 aromatic heterocycles. The number of esters is 1. The van der Waals surface area contributed by atoms with E-state index in [2.05, 4.69) is 22.0 Å². The number of unbranched alkanes of at least 4 members (excludes halogenated alkanes) is 1. The van der Waals surface area contributed by atoms with Crippen LogP contribution in [0.3, 0.4) is 0 Å². The molecule has 2 aromatic rings. The van der Waals surface area contributed by atoms with Crippen molar-refractivity contribution in [3.8, 4) is 6.57 Å².